The number of rotatable bonds is 7. The van der Waals surface area contributed by atoms with Crippen molar-refractivity contribution >= 4 is 11.7 Å². The van der Waals surface area contributed by atoms with Crippen LogP contribution >= 0.6 is 0 Å². The Bertz CT molecular complexity index is 839. The van der Waals surface area contributed by atoms with Gasteiger partial charge in [-0.3, -0.25) is 9.78 Å². The number of benzene rings is 1. The molecule has 0 unspecified atom stereocenters. The van der Waals surface area contributed by atoms with Crippen LogP contribution in [0.25, 0.3) is 0 Å². The highest BCUT2D eigenvalue weighted by Crippen LogP contribution is 2.11. The largest absolute Gasteiger partial charge is 0.366 e. The summed E-state index contributed by atoms with van der Waals surface area (Å²) in [5, 5.41) is 3.21. The number of nitrogens with one attached hydrogen (secondary N) is 1. The zero-order valence-electron chi connectivity index (χ0n) is 14.7. The van der Waals surface area contributed by atoms with Crippen LogP contribution in [0.3, 0.4) is 0 Å². The van der Waals surface area contributed by atoms with Crippen molar-refractivity contribution in [1.29, 1.82) is 0 Å². The van der Waals surface area contributed by atoms with Crippen LogP contribution in [0.15, 0.2) is 67.3 Å². The third kappa shape index (κ3) is 4.63. The molecule has 0 spiro atoms. The fraction of sp³-hybridized carbons (Fsp3) is 0.200. The van der Waals surface area contributed by atoms with E-state index in [0.29, 0.717) is 31.1 Å². The van der Waals surface area contributed by atoms with E-state index >= 15 is 0 Å². The van der Waals surface area contributed by atoms with Crippen LogP contribution in [-0.4, -0.2) is 32.3 Å². The van der Waals surface area contributed by atoms with Crippen molar-refractivity contribution in [3.63, 3.8) is 0 Å². The maximum Gasteiger partial charge on any atom is 0.272 e. The Morgan fingerprint density at radius 3 is 2.54 bits per heavy atom. The van der Waals surface area contributed by atoms with E-state index in [9.17, 15) is 4.79 Å². The standard InChI is InChI=1S/C20H21N5O/c1-2-25(14-17-6-4-3-5-7-17)20(26)18-12-19(24-15-23-18)22-13-16-8-10-21-11-9-16/h3-12,15H,2,13-14H2,1H3,(H,22,23,24). The molecule has 26 heavy (non-hydrogen) atoms. The van der Waals surface area contributed by atoms with Gasteiger partial charge in [-0.15, -0.1) is 0 Å². The molecule has 0 aliphatic rings. The molecule has 132 valence electrons. The van der Waals surface area contributed by atoms with Crippen molar-refractivity contribution in [3.8, 4) is 0 Å². The van der Waals surface area contributed by atoms with Gasteiger partial charge in [-0.25, -0.2) is 9.97 Å². The highest BCUT2D eigenvalue weighted by molar-refractivity contribution is 5.92. The van der Waals surface area contributed by atoms with E-state index < -0.39 is 0 Å². The molecule has 0 radical (unpaired) electrons. The summed E-state index contributed by atoms with van der Waals surface area (Å²) in [6.07, 6.45) is 4.90. The predicted molar refractivity (Wildman–Crippen MR) is 100 cm³/mol. The molecule has 1 N–H and O–H groups in total. The first-order valence-corrected chi connectivity index (χ1v) is 8.54. The van der Waals surface area contributed by atoms with Crippen molar-refractivity contribution in [2.24, 2.45) is 0 Å². The number of hydrogen-bond acceptors (Lipinski definition) is 5. The van der Waals surface area contributed by atoms with E-state index in [2.05, 4.69) is 20.3 Å². The summed E-state index contributed by atoms with van der Waals surface area (Å²) >= 11 is 0. The van der Waals surface area contributed by atoms with Gasteiger partial charge < -0.3 is 10.2 Å². The number of pyridine rings is 1. The third-order valence-corrected chi connectivity index (χ3v) is 3.99. The normalized spacial score (nSPS) is 10.3. The van der Waals surface area contributed by atoms with Crippen molar-refractivity contribution in [2.45, 2.75) is 20.0 Å². The molecule has 3 rings (SSSR count). The summed E-state index contributed by atoms with van der Waals surface area (Å²) in [5.41, 5.74) is 2.56. The summed E-state index contributed by atoms with van der Waals surface area (Å²) in [4.78, 5) is 26.9. The maximum absolute atomic E-state index is 12.8. The molecule has 2 heterocycles. The van der Waals surface area contributed by atoms with E-state index in [1.807, 2.05) is 49.4 Å². The van der Waals surface area contributed by atoms with E-state index in [0.717, 1.165) is 11.1 Å². The van der Waals surface area contributed by atoms with Gasteiger partial charge in [-0.1, -0.05) is 30.3 Å². The van der Waals surface area contributed by atoms with Gasteiger partial charge in [0.05, 0.1) is 0 Å². The van der Waals surface area contributed by atoms with Crippen LogP contribution in [-0.2, 0) is 13.1 Å². The Morgan fingerprint density at radius 1 is 1.04 bits per heavy atom. The van der Waals surface area contributed by atoms with Gasteiger partial charge in [0.2, 0.25) is 0 Å². The minimum absolute atomic E-state index is 0.106. The smallest absolute Gasteiger partial charge is 0.272 e. The second-order valence-corrected chi connectivity index (χ2v) is 5.80. The summed E-state index contributed by atoms with van der Waals surface area (Å²) < 4.78 is 0. The first-order chi connectivity index (χ1) is 12.8. The number of aromatic nitrogens is 3. The van der Waals surface area contributed by atoms with Crippen molar-refractivity contribution in [3.05, 3.63) is 84.1 Å². The van der Waals surface area contributed by atoms with Gasteiger partial charge in [0, 0.05) is 38.1 Å². The monoisotopic (exact) mass is 347 g/mol. The molecule has 1 amide bonds. The van der Waals surface area contributed by atoms with E-state index in [1.165, 1.54) is 6.33 Å². The minimum Gasteiger partial charge on any atom is -0.366 e. The first-order valence-electron chi connectivity index (χ1n) is 8.54. The molecule has 0 bridgehead atoms. The summed E-state index contributed by atoms with van der Waals surface area (Å²) in [5.74, 6) is 0.515. The van der Waals surface area contributed by atoms with Crippen LogP contribution in [0.5, 0.6) is 0 Å². The molecule has 0 saturated carbocycles. The number of nitrogens with zero attached hydrogens (tertiary/aromatic N) is 4. The lowest BCUT2D eigenvalue weighted by Gasteiger charge is -2.20. The lowest BCUT2D eigenvalue weighted by Crippen LogP contribution is -2.31. The molecular weight excluding hydrogens is 326 g/mol. The Kier molecular flexibility index (Phi) is 5.88. The zero-order chi connectivity index (χ0) is 18.2. The molecule has 0 atom stereocenters. The number of hydrogen-bond donors (Lipinski definition) is 1. The summed E-state index contributed by atoms with van der Waals surface area (Å²) in [7, 11) is 0. The molecule has 1 aromatic carbocycles. The van der Waals surface area contributed by atoms with Crippen molar-refractivity contribution in [1.82, 2.24) is 19.9 Å². The molecule has 2 aromatic heterocycles. The summed E-state index contributed by atoms with van der Waals surface area (Å²) in [6, 6.07) is 15.5. The molecule has 3 aromatic rings. The second kappa shape index (κ2) is 8.71. The number of carbonyl (C=O) groups is 1. The van der Waals surface area contributed by atoms with Gasteiger partial charge in [0.15, 0.2) is 0 Å². The third-order valence-electron chi connectivity index (χ3n) is 3.99. The molecule has 0 aliphatic heterocycles. The van der Waals surface area contributed by atoms with Gasteiger partial charge in [0.25, 0.3) is 5.91 Å². The average Bonchev–Trinajstić information content (AvgIpc) is 2.72. The number of amides is 1. The fourth-order valence-corrected chi connectivity index (χ4v) is 2.56. The van der Waals surface area contributed by atoms with E-state index in [4.69, 9.17) is 0 Å². The first kappa shape index (κ1) is 17.5. The van der Waals surface area contributed by atoms with Crippen LogP contribution < -0.4 is 5.32 Å². The fourth-order valence-electron chi connectivity index (χ4n) is 2.56. The number of carbonyl (C=O) groups excluding carboxylic acids is 1. The Morgan fingerprint density at radius 2 is 1.81 bits per heavy atom. The molecule has 6 nitrogen and oxygen atoms in total. The number of anilines is 1. The minimum atomic E-state index is -0.106. The molecular formula is C20H21N5O. The zero-order valence-corrected chi connectivity index (χ0v) is 14.7. The quantitative estimate of drug-likeness (QED) is 0.711. The Balaban J connectivity index is 1.68. The van der Waals surface area contributed by atoms with Gasteiger partial charge >= 0.3 is 0 Å². The lowest BCUT2D eigenvalue weighted by atomic mass is 10.2. The molecule has 0 saturated heterocycles. The lowest BCUT2D eigenvalue weighted by molar-refractivity contribution is 0.0746. The highest BCUT2D eigenvalue weighted by atomic mass is 16.2. The van der Waals surface area contributed by atoms with Crippen LogP contribution in [0.2, 0.25) is 0 Å². The Labute approximate surface area is 153 Å². The van der Waals surface area contributed by atoms with Gasteiger partial charge in [0.1, 0.15) is 17.8 Å². The maximum atomic E-state index is 12.8. The SMILES string of the molecule is CCN(Cc1ccccc1)C(=O)c1cc(NCc2ccncc2)ncn1. The topological polar surface area (TPSA) is 71.0 Å². The Hall–Kier alpha value is -3.28. The van der Waals surface area contributed by atoms with Crippen LogP contribution in [0.1, 0.15) is 28.5 Å². The highest BCUT2D eigenvalue weighted by Gasteiger charge is 2.16. The average molecular weight is 347 g/mol. The van der Waals surface area contributed by atoms with E-state index in [-0.39, 0.29) is 5.91 Å². The summed E-state index contributed by atoms with van der Waals surface area (Å²) in [6.45, 7) is 3.73. The molecule has 6 heteroatoms. The molecule has 0 aliphatic carbocycles. The van der Waals surface area contributed by atoms with Crippen LogP contribution in [0, 0.1) is 0 Å². The predicted octanol–water partition coefficient (Wildman–Crippen LogP) is 3.15. The second-order valence-electron chi connectivity index (χ2n) is 5.80. The van der Waals surface area contributed by atoms with Crippen molar-refractivity contribution < 1.29 is 4.79 Å². The van der Waals surface area contributed by atoms with Gasteiger partial charge in [-0.05, 0) is 30.2 Å². The molecule has 0 fully saturated rings. The van der Waals surface area contributed by atoms with E-state index in [1.54, 1.807) is 23.4 Å². The van der Waals surface area contributed by atoms with Crippen molar-refractivity contribution in [2.75, 3.05) is 11.9 Å². The van der Waals surface area contributed by atoms with Gasteiger partial charge in [-0.2, -0.15) is 0 Å². The van der Waals surface area contributed by atoms with Crippen LogP contribution in [0.4, 0.5) is 5.82 Å².